The van der Waals surface area contributed by atoms with Crippen LogP contribution in [-0.4, -0.2) is 12.6 Å². The molecule has 0 aliphatic heterocycles. The molecule has 0 aliphatic carbocycles. The summed E-state index contributed by atoms with van der Waals surface area (Å²) in [5.41, 5.74) is 8.99. The van der Waals surface area contributed by atoms with Gasteiger partial charge < -0.3 is 15.2 Å². The van der Waals surface area contributed by atoms with Crippen molar-refractivity contribution < 1.29 is 14.3 Å². The summed E-state index contributed by atoms with van der Waals surface area (Å²) < 4.78 is 10.7. The van der Waals surface area contributed by atoms with Crippen LogP contribution in [0.3, 0.4) is 0 Å². The molecule has 0 aliphatic rings. The summed E-state index contributed by atoms with van der Waals surface area (Å²) >= 11 is 12.8. The lowest BCUT2D eigenvalue weighted by atomic mass is 10.0. The number of hydrogen-bond acceptors (Lipinski definition) is 4. The minimum Gasteiger partial charge on any atom is -0.463 e. The lowest BCUT2D eigenvalue weighted by Crippen LogP contribution is -1.98. The summed E-state index contributed by atoms with van der Waals surface area (Å²) in [6.45, 7) is 2.12. The maximum absolute atomic E-state index is 11.4. The van der Waals surface area contributed by atoms with Crippen molar-refractivity contribution in [3.63, 3.8) is 0 Å². The van der Waals surface area contributed by atoms with Crippen molar-refractivity contribution in [1.82, 2.24) is 0 Å². The Hall–Kier alpha value is -2.95. The van der Waals surface area contributed by atoms with Crippen LogP contribution >= 0.6 is 23.2 Å². The zero-order valence-electron chi connectivity index (χ0n) is 15.7. The third kappa shape index (κ3) is 5.53. The molecule has 0 heterocycles. The molecule has 4 nitrogen and oxygen atoms in total. The quantitative estimate of drug-likeness (QED) is 0.273. The maximum Gasteiger partial charge on any atom is 0.330 e. The number of ether oxygens (including phenoxy) is 2. The second-order valence-corrected chi connectivity index (χ2v) is 6.96. The third-order valence-electron chi connectivity index (χ3n) is 4.04. The molecule has 148 valence electrons. The summed E-state index contributed by atoms with van der Waals surface area (Å²) in [6.07, 6.45) is 3.10. The van der Waals surface area contributed by atoms with E-state index in [1.54, 1.807) is 49.4 Å². The van der Waals surface area contributed by atoms with Gasteiger partial charge in [-0.2, -0.15) is 0 Å². The van der Waals surface area contributed by atoms with Gasteiger partial charge in [0.15, 0.2) is 5.75 Å². The number of nitrogen functional groups attached to an aromatic ring is 1. The van der Waals surface area contributed by atoms with E-state index < -0.39 is 0 Å². The van der Waals surface area contributed by atoms with Crippen LogP contribution in [0.4, 0.5) is 5.69 Å². The molecule has 29 heavy (non-hydrogen) atoms. The van der Waals surface area contributed by atoms with E-state index in [9.17, 15) is 4.79 Å². The summed E-state index contributed by atoms with van der Waals surface area (Å²) in [5.74, 6) is 0.608. The molecule has 0 radical (unpaired) electrons. The van der Waals surface area contributed by atoms with Gasteiger partial charge in [-0.05, 0) is 66.1 Å². The van der Waals surface area contributed by atoms with E-state index in [4.69, 9.17) is 38.4 Å². The van der Waals surface area contributed by atoms with Crippen LogP contribution in [0.15, 0.2) is 66.7 Å². The summed E-state index contributed by atoms with van der Waals surface area (Å²) in [4.78, 5) is 11.4. The van der Waals surface area contributed by atoms with E-state index in [-0.39, 0.29) is 5.97 Å². The summed E-state index contributed by atoms with van der Waals surface area (Å²) in [6, 6.07) is 18.2. The van der Waals surface area contributed by atoms with Crippen molar-refractivity contribution in [1.29, 1.82) is 0 Å². The fourth-order valence-electron chi connectivity index (χ4n) is 2.62. The highest BCUT2D eigenvalue weighted by Gasteiger charge is 2.12. The number of halogens is 2. The predicted octanol–water partition coefficient (Wildman–Crippen LogP) is 6.61. The SMILES string of the molecule is CCOC(=O)C=Cc1ccc(-c2cc(Cl)c(Oc3ccc(N)cc3)c(Cl)c2)cc1. The number of benzene rings is 3. The number of hydrogen-bond donors (Lipinski definition) is 1. The molecule has 3 rings (SSSR count). The van der Waals surface area contributed by atoms with Crippen molar-refractivity contribution >= 4 is 40.9 Å². The first kappa shape index (κ1) is 20.8. The zero-order chi connectivity index (χ0) is 20.8. The van der Waals surface area contributed by atoms with Crippen molar-refractivity contribution in [3.05, 3.63) is 82.3 Å². The van der Waals surface area contributed by atoms with E-state index in [1.807, 2.05) is 24.3 Å². The van der Waals surface area contributed by atoms with Gasteiger partial charge in [0.05, 0.1) is 16.7 Å². The number of rotatable bonds is 6. The third-order valence-corrected chi connectivity index (χ3v) is 4.60. The number of esters is 1. The smallest absolute Gasteiger partial charge is 0.330 e. The van der Waals surface area contributed by atoms with Crippen molar-refractivity contribution in [2.24, 2.45) is 0 Å². The Kier molecular flexibility index (Phi) is 6.81. The van der Waals surface area contributed by atoms with Gasteiger partial charge in [-0.15, -0.1) is 0 Å². The molecule has 3 aromatic rings. The van der Waals surface area contributed by atoms with Crippen LogP contribution in [-0.2, 0) is 9.53 Å². The Morgan fingerprint density at radius 2 is 1.59 bits per heavy atom. The number of anilines is 1. The maximum atomic E-state index is 11.4. The van der Waals surface area contributed by atoms with Gasteiger partial charge in [-0.25, -0.2) is 4.79 Å². The van der Waals surface area contributed by atoms with Gasteiger partial charge in [0, 0.05) is 11.8 Å². The number of nitrogens with two attached hydrogens (primary N) is 1. The van der Waals surface area contributed by atoms with E-state index in [2.05, 4.69) is 0 Å². The molecule has 0 unspecified atom stereocenters. The number of carbonyl (C=O) groups is 1. The molecule has 0 spiro atoms. The lowest BCUT2D eigenvalue weighted by molar-refractivity contribution is -0.137. The van der Waals surface area contributed by atoms with Crippen LogP contribution in [0.5, 0.6) is 11.5 Å². The highest BCUT2D eigenvalue weighted by atomic mass is 35.5. The van der Waals surface area contributed by atoms with Crippen LogP contribution in [0.1, 0.15) is 12.5 Å². The molecule has 0 bridgehead atoms. The minimum atomic E-state index is -0.369. The predicted molar refractivity (Wildman–Crippen MR) is 118 cm³/mol. The molecule has 0 atom stereocenters. The highest BCUT2D eigenvalue weighted by molar-refractivity contribution is 6.37. The van der Waals surface area contributed by atoms with Gasteiger partial charge in [0.2, 0.25) is 0 Å². The molecular weight excluding hydrogens is 409 g/mol. The second-order valence-electron chi connectivity index (χ2n) is 6.15. The molecule has 3 aromatic carbocycles. The topological polar surface area (TPSA) is 61.5 Å². The van der Waals surface area contributed by atoms with Crippen LogP contribution in [0.2, 0.25) is 10.0 Å². The van der Waals surface area contributed by atoms with Crippen molar-refractivity contribution in [3.8, 4) is 22.6 Å². The first-order valence-corrected chi connectivity index (χ1v) is 9.69. The molecule has 0 amide bonds. The van der Waals surface area contributed by atoms with Crippen molar-refractivity contribution in [2.45, 2.75) is 6.92 Å². The van der Waals surface area contributed by atoms with Gasteiger partial charge >= 0.3 is 5.97 Å². The van der Waals surface area contributed by atoms with Crippen LogP contribution in [0, 0.1) is 0 Å². The number of carbonyl (C=O) groups excluding carboxylic acids is 1. The Morgan fingerprint density at radius 1 is 0.966 bits per heavy atom. The van der Waals surface area contributed by atoms with Crippen molar-refractivity contribution in [2.75, 3.05) is 12.3 Å². The average Bonchev–Trinajstić information content (AvgIpc) is 2.71. The normalized spacial score (nSPS) is 10.9. The first-order valence-electron chi connectivity index (χ1n) is 8.94. The fourth-order valence-corrected chi connectivity index (χ4v) is 3.18. The van der Waals surface area contributed by atoms with E-state index in [0.717, 1.165) is 16.7 Å². The average molecular weight is 428 g/mol. The molecule has 0 fully saturated rings. The highest BCUT2D eigenvalue weighted by Crippen LogP contribution is 2.40. The fraction of sp³-hybridized carbons (Fsp3) is 0.0870. The van der Waals surface area contributed by atoms with Gasteiger partial charge in [-0.1, -0.05) is 47.5 Å². The minimum absolute atomic E-state index is 0.349. The molecule has 0 aromatic heterocycles. The van der Waals surface area contributed by atoms with E-state index >= 15 is 0 Å². The molecular formula is C23H19Cl2NO3. The largest absolute Gasteiger partial charge is 0.463 e. The monoisotopic (exact) mass is 427 g/mol. The molecule has 0 saturated carbocycles. The molecule has 6 heteroatoms. The van der Waals surface area contributed by atoms with E-state index in [0.29, 0.717) is 33.8 Å². The van der Waals surface area contributed by atoms with Gasteiger partial charge in [0.1, 0.15) is 5.75 Å². The Balaban J connectivity index is 1.79. The summed E-state index contributed by atoms with van der Waals surface area (Å²) in [5, 5.41) is 0.797. The van der Waals surface area contributed by atoms with Gasteiger partial charge in [-0.3, -0.25) is 0 Å². The first-order chi connectivity index (χ1) is 14.0. The van der Waals surface area contributed by atoms with Crippen LogP contribution < -0.4 is 10.5 Å². The lowest BCUT2D eigenvalue weighted by Gasteiger charge is -2.12. The van der Waals surface area contributed by atoms with Gasteiger partial charge in [0.25, 0.3) is 0 Å². The summed E-state index contributed by atoms with van der Waals surface area (Å²) in [7, 11) is 0. The standard InChI is InChI=1S/C23H19Cl2NO3/c1-2-28-22(27)12-5-15-3-6-16(7-4-15)17-13-20(24)23(21(25)14-17)29-19-10-8-18(26)9-11-19/h3-14H,2,26H2,1H3. The second kappa shape index (κ2) is 9.50. The Morgan fingerprint density at radius 3 is 2.17 bits per heavy atom. The Bertz CT molecular complexity index is 1010. The zero-order valence-corrected chi connectivity index (χ0v) is 17.2. The molecule has 0 saturated heterocycles. The Labute approximate surface area is 179 Å². The van der Waals surface area contributed by atoms with E-state index in [1.165, 1.54) is 6.08 Å². The van der Waals surface area contributed by atoms with Crippen LogP contribution in [0.25, 0.3) is 17.2 Å². The molecule has 2 N–H and O–H groups in total.